The van der Waals surface area contributed by atoms with Crippen molar-refractivity contribution in [3.8, 4) is 0 Å². The van der Waals surface area contributed by atoms with Gasteiger partial charge < -0.3 is 0 Å². The summed E-state index contributed by atoms with van der Waals surface area (Å²) in [6.07, 6.45) is 14.2. The van der Waals surface area contributed by atoms with Gasteiger partial charge in [-0.15, -0.1) is 0 Å². The van der Waals surface area contributed by atoms with Gasteiger partial charge in [0.25, 0.3) is 0 Å². The summed E-state index contributed by atoms with van der Waals surface area (Å²) in [5.41, 5.74) is 1.07. The summed E-state index contributed by atoms with van der Waals surface area (Å²) >= 11 is 0. The van der Waals surface area contributed by atoms with Gasteiger partial charge in [0.05, 0.1) is 0 Å². The smallest absolute Gasteiger partial charge is 0.181 e. The van der Waals surface area contributed by atoms with Crippen LogP contribution in [0.25, 0.3) is 0 Å². The first-order valence-electron chi connectivity index (χ1n) is 22.3. The first-order valence-corrected chi connectivity index (χ1v) is 22.3. The Morgan fingerprint density at radius 1 is 0.364 bits per heavy atom. The Morgan fingerprint density at radius 3 is 0.833 bits per heavy atom. The number of ketones is 12. The SMILES string of the molecule is O=C(CC1CCCC1)C1C(=O)c2cc3c(cc2C1=O)C(=O)C(C(=O)CC1CCCC1)C3=O.O=C(Cc1ccncc1)C1C(=O)c2cc3c(cc2C1=O)C(=O)C(C(=O)Cc1ccncc1)C3=O. The van der Waals surface area contributed by atoms with Crippen LogP contribution in [0.1, 0.15) is 158 Å². The number of carbonyl (C=O) groups excluding carboxylic acids is 12. The molecule has 4 aromatic rings. The molecular weight excluding hydrogens is 845 g/mol. The number of rotatable bonds is 12. The highest BCUT2D eigenvalue weighted by Gasteiger charge is 2.50. The van der Waals surface area contributed by atoms with E-state index in [1.54, 1.807) is 24.3 Å². The van der Waals surface area contributed by atoms with Crippen LogP contribution in [0.2, 0.25) is 0 Å². The maximum Gasteiger partial charge on any atom is 0.181 e. The maximum absolute atomic E-state index is 13.0. The van der Waals surface area contributed by atoms with Crippen LogP contribution in [-0.4, -0.2) is 79.4 Å². The van der Waals surface area contributed by atoms with E-state index in [1.807, 2.05) is 0 Å². The molecule has 2 heterocycles. The second kappa shape index (κ2) is 17.6. The molecule has 14 heteroatoms. The lowest BCUT2D eigenvalue weighted by Gasteiger charge is -2.11. The zero-order valence-corrected chi connectivity index (χ0v) is 35.7. The van der Waals surface area contributed by atoms with Crippen LogP contribution in [0.15, 0.2) is 73.3 Å². The molecule has 0 unspecified atom stereocenters. The topological polar surface area (TPSA) is 231 Å². The highest BCUT2D eigenvalue weighted by atomic mass is 16.2. The van der Waals surface area contributed by atoms with Gasteiger partial charge in [0.2, 0.25) is 0 Å². The minimum absolute atomic E-state index is 0.0311. The molecule has 10 rings (SSSR count). The van der Waals surface area contributed by atoms with Crippen LogP contribution in [0.3, 0.4) is 0 Å². The summed E-state index contributed by atoms with van der Waals surface area (Å²) in [5.74, 6) is -12.3. The molecular formula is C52H42N2O12. The van der Waals surface area contributed by atoms with Crippen LogP contribution >= 0.6 is 0 Å². The number of hydrogen-bond acceptors (Lipinski definition) is 14. The molecule has 0 atom stereocenters. The molecule has 0 amide bonds. The first kappa shape index (κ1) is 44.0. The minimum Gasteiger partial charge on any atom is -0.298 e. The fraction of sp³-hybridized carbons (Fsp3) is 0.346. The van der Waals surface area contributed by atoms with Gasteiger partial charge in [0, 0.05) is 95.0 Å². The third-order valence-corrected chi connectivity index (χ3v) is 14.0. The quantitative estimate of drug-likeness (QED) is 0.147. The number of carbonyl (C=O) groups is 12. The second-order valence-electron chi connectivity index (χ2n) is 18.2. The van der Waals surface area contributed by atoms with Gasteiger partial charge in [-0.1, -0.05) is 51.4 Å². The van der Waals surface area contributed by atoms with E-state index in [2.05, 4.69) is 9.97 Å². The van der Waals surface area contributed by atoms with Crippen LogP contribution in [0.5, 0.6) is 0 Å². The summed E-state index contributed by atoms with van der Waals surface area (Å²) in [6, 6.07) is 11.4. The summed E-state index contributed by atoms with van der Waals surface area (Å²) in [6.45, 7) is 0. The van der Waals surface area contributed by atoms with Gasteiger partial charge in [-0.25, -0.2) is 0 Å². The van der Waals surface area contributed by atoms with E-state index in [1.165, 1.54) is 49.1 Å². The number of nitrogens with zero attached hydrogens (tertiary/aromatic N) is 2. The van der Waals surface area contributed by atoms with E-state index in [-0.39, 0.29) is 93.6 Å². The van der Waals surface area contributed by atoms with Crippen LogP contribution < -0.4 is 0 Å². The Balaban J connectivity index is 0.000000166. The number of pyridine rings is 2. The standard InChI is InChI=1S/C26H16N2O6.C26H26O6/c29-19(9-13-1-5-27-6-2-13)21-23(31)15-11-17-18(12-16(15)24(21)32)26(34)22(25(17)33)20(30)10-14-3-7-28-8-4-14;27-19(9-13-5-1-2-6-13)21-23(29)15-11-17-18(12-16(15)24(21)30)26(32)22(25(17)31)20(28)10-14-7-3-4-8-14/h1-8,11-12,21-22H,9-10H2;11-14,21-22H,1-10H2. The monoisotopic (exact) mass is 886 g/mol. The molecule has 2 saturated carbocycles. The van der Waals surface area contributed by atoms with Crippen molar-refractivity contribution in [1.29, 1.82) is 0 Å². The summed E-state index contributed by atoms with van der Waals surface area (Å²) in [4.78, 5) is 162. The lowest BCUT2D eigenvalue weighted by molar-refractivity contribution is -0.122. The molecule has 332 valence electrons. The first-order chi connectivity index (χ1) is 31.7. The average Bonchev–Trinajstić information content (AvgIpc) is 4.16. The number of Topliss-reactive ketones (excluding diaryl/α,β-unsaturated/α-hetero) is 12. The molecule has 0 radical (unpaired) electrons. The van der Waals surface area contributed by atoms with Crippen molar-refractivity contribution in [2.24, 2.45) is 35.5 Å². The zero-order chi connectivity index (χ0) is 46.6. The van der Waals surface area contributed by atoms with Crippen molar-refractivity contribution in [3.05, 3.63) is 129 Å². The fourth-order valence-electron chi connectivity index (χ4n) is 10.6. The Bertz CT molecular complexity index is 2570. The van der Waals surface area contributed by atoms with Gasteiger partial charge in [0.1, 0.15) is 23.7 Å². The molecule has 6 aliphatic rings. The largest absolute Gasteiger partial charge is 0.298 e. The highest BCUT2D eigenvalue weighted by molar-refractivity contribution is 6.41. The summed E-state index contributed by atoms with van der Waals surface area (Å²) < 4.78 is 0. The van der Waals surface area contributed by atoms with Crippen molar-refractivity contribution < 1.29 is 57.5 Å². The predicted molar refractivity (Wildman–Crippen MR) is 231 cm³/mol. The third kappa shape index (κ3) is 7.77. The van der Waals surface area contributed by atoms with Gasteiger partial charge in [-0.3, -0.25) is 67.5 Å². The van der Waals surface area contributed by atoms with Gasteiger partial charge in [0.15, 0.2) is 69.4 Å². The Hall–Kier alpha value is -7.22. The Morgan fingerprint density at radius 2 is 0.591 bits per heavy atom. The summed E-state index contributed by atoms with van der Waals surface area (Å²) in [7, 11) is 0. The molecule has 0 bridgehead atoms. The van der Waals surface area contributed by atoms with E-state index >= 15 is 0 Å². The van der Waals surface area contributed by atoms with Crippen LogP contribution in [0.4, 0.5) is 0 Å². The lowest BCUT2D eigenvalue weighted by atomic mass is 9.89. The van der Waals surface area contributed by atoms with Crippen molar-refractivity contribution in [2.45, 2.75) is 77.0 Å². The molecule has 66 heavy (non-hydrogen) atoms. The van der Waals surface area contributed by atoms with E-state index in [9.17, 15) is 57.5 Å². The zero-order valence-electron chi connectivity index (χ0n) is 35.7. The number of hydrogen-bond donors (Lipinski definition) is 0. The lowest BCUT2D eigenvalue weighted by Crippen LogP contribution is -2.27. The van der Waals surface area contributed by atoms with Gasteiger partial charge >= 0.3 is 0 Å². The van der Waals surface area contributed by atoms with Crippen LogP contribution in [-0.2, 0) is 32.0 Å². The van der Waals surface area contributed by atoms with Gasteiger partial charge in [-0.2, -0.15) is 0 Å². The normalized spacial score (nSPS) is 18.8. The average molecular weight is 887 g/mol. The fourth-order valence-corrected chi connectivity index (χ4v) is 10.6. The molecule has 0 N–H and O–H groups in total. The molecule has 2 aromatic heterocycles. The molecule has 0 spiro atoms. The van der Waals surface area contributed by atoms with Crippen molar-refractivity contribution >= 4 is 69.4 Å². The van der Waals surface area contributed by atoms with Gasteiger partial charge in [-0.05, 0) is 71.5 Å². The van der Waals surface area contributed by atoms with E-state index in [4.69, 9.17) is 0 Å². The van der Waals surface area contributed by atoms with Crippen molar-refractivity contribution in [1.82, 2.24) is 9.97 Å². The molecule has 6 aliphatic carbocycles. The number of aromatic nitrogens is 2. The molecule has 14 nitrogen and oxygen atoms in total. The molecule has 2 aromatic carbocycles. The Kier molecular flexibility index (Phi) is 11.8. The van der Waals surface area contributed by atoms with Crippen molar-refractivity contribution in [3.63, 3.8) is 0 Å². The van der Waals surface area contributed by atoms with E-state index in [0.29, 0.717) is 11.1 Å². The summed E-state index contributed by atoms with van der Waals surface area (Å²) in [5, 5.41) is 0. The van der Waals surface area contributed by atoms with E-state index in [0.717, 1.165) is 51.4 Å². The Labute approximate surface area is 377 Å². The van der Waals surface area contributed by atoms with Crippen LogP contribution in [0, 0.1) is 35.5 Å². The molecule has 0 saturated heterocycles. The molecule has 2 fully saturated rings. The predicted octanol–water partition coefficient (Wildman–Crippen LogP) is 6.07. The van der Waals surface area contributed by atoms with Crippen molar-refractivity contribution in [2.75, 3.05) is 0 Å². The molecule has 0 aliphatic heterocycles. The van der Waals surface area contributed by atoms with E-state index < -0.39 is 81.5 Å². The maximum atomic E-state index is 13.0. The number of benzene rings is 2. The third-order valence-electron chi connectivity index (χ3n) is 14.0. The number of fused-ring (bicyclic) bond motifs is 4. The highest BCUT2D eigenvalue weighted by Crippen LogP contribution is 2.40. The second-order valence-corrected chi connectivity index (χ2v) is 18.2. The minimum atomic E-state index is -1.51.